The van der Waals surface area contributed by atoms with Crippen LogP contribution in [0.1, 0.15) is 21.5 Å². The van der Waals surface area contributed by atoms with Gasteiger partial charge in [0.2, 0.25) is 0 Å². The summed E-state index contributed by atoms with van der Waals surface area (Å²) < 4.78 is 0. The summed E-state index contributed by atoms with van der Waals surface area (Å²) in [7, 11) is 0. The molecular weight excluding hydrogens is 200 g/mol. The molecule has 1 aromatic rings. The molecule has 0 saturated carbocycles. The number of amides is 1. The van der Waals surface area contributed by atoms with Crippen LogP contribution in [0.5, 0.6) is 0 Å². The number of hydrogen-bond acceptors (Lipinski definition) is 2. The fraction of sp³-hybridized carbons (Fsp3) is 0.231. The van der Waals surface area contributed by atoms with E-state index in [1.54, 1.807) is 23.1 Å². The van der Waals surface area contributed by atoms with E-state index in [1.165, 1.54) is 0 Å². The summed E-state index contributed by atoms with van der Waals surface area (Å²) in [6.45, 7) is 4.92. The van der Waals surface area contributed by atoms with Crippen molar-refractivity contribution in [3.05, 3.63) is 47.5 Å². The topological polar surface area (TPSA) is 44.1 Å². The molecular formula is C13H12N2O. The zero-order valence-electron chi connectivity index (χ0n) is 8.94. The summed E-state index contributed by atoms with van der Waals surface area (Å²) >= 11 is 0. The molecule has 0 unspecified atom stereocenters. The Hall–Kier alpha value is -2.08. The van der Waals surface area contributed by atoms with E-state index >= 15 is 0 Å². The predicted octanol–water partition coefficient (Wildman–Crippen LogP) is 1.74. The molecule has 0 aromatic heterocycles. The van der Waals surface area contributed by atoms with Crippen LogP contribution in [0.3, 0.4) is 0 Å². The SMILES string of the molecule is C=CCN1CCc2ccc(C#N)cc2C1=O. The number of nitriles is 1. The monoisotopic (exact) mass is 212 g/mol. The number of nitrogens with zero attached hydrogens (tertiary/aromatic N) is 2. The molecule has 0 aliphatic carbocycles. The smallest absolute Gasteiger partial charge is 0.254 e. The van der Waals surface area contributed by atoms with E-state index in [-0.39, 0.29) is 5.91 Å². The molecule has 1 aliphatic rings. The Kier molecular flexibility index (Phi) is 2.74. The first-order valence-corrected chi connectivity index (χ1v) is 5.19. The quantitative estimate of drug-likeness (QED) is 0.701. The molecule has 16 heavy (non-hydrogen) atoms. The van der Waals surface area contributed by atoms with Crippen molar-refractivity contribution in [2.24, 2.45) is 0 Å². The van der Waals surface area contributed by atoms with Gasteiger partial charge < -0.3 is 4.90 Å². The minimum Gasteiger partial charge on any atom is -0.335 e. The van der Waals surface area contributed by atoms with Crippen LogP contribution in [-0.4, -0.2) is 23.9 Å². The molecule has 1 heterocycles. The molecule has 0 radical (unpaired) electrons. The van der Waals surface area contributed by atoms with Gasteiger partial charge in [0.1, 0.15) is 0 Å². The zero-order chi connectivity index (χ0) is 11.5. The van der Waals surface area contributed by atoms with Crippen molar-refractivity contribution in [3.8, 4) is 6.07 Å². The molecule has 80 valence electrons. The van der Waals surface area contributed by atoms with Crippen LogP contribution in [0.4, 0.5) is 0 Å². The normalized spacial score (nSPS) is 14.2. The molecule has 1 aliphatic heterocycles. The maximum atomic E-state index is 12.0. The number of fused-ring (bicyclic) bond motifs is 1. The lowest BCUT2D eigenvalue weighted by atomic mass is 9.97. The zero-order valence-corrected chi connectivity index (χ0v) is 8.94. The Bertz CT molecular complexity index is 485. The van der Waals surface area contributed by atoms with Crippen molar-refractivity contribution >= 4 is 5.91 Å². The largest absolute Gasteiger partial charge is 0.335 e. The number of carbonyl (C=O) groups is 1. The standard InChI is InChI=1S/C13H12N2O/c1-2-6-15-7-5-11-4-3-10(9-14)8-12(11)13(15)16/h2-4,8H,1,5-7H2. The Morgan fingerprint density at radius 1 is 1.56 bits per heavy atom. The van der Waals surface area contributed by atoms with E-state index in [9.17, 15) is 4.79 Å². The fourth-order valence-electron chi connectivity index (χ4n) is 1.92. The number of carbonyl (C=O) groups excluding carboxylic acids is 1. The van der Waals surface area contributed by atoms with Crippen LogP contribution in [0, 0.1) is 11.3 Å². The summed E-state index contributed by atoms with van der Waals surface area (Å²) in [6, 6.07) is 7.36. The van der Waals surface area contributed by atoms with Gasteiger partial charge in [-0.3, -0.25) is 4.79 Å². The molecule has 3 nitrogen and oxygen atoms in total. The maximum Gasteiger partial charge on any atom is 0.254 e. The molecule has 0 saturated heterocycles. The van der Waals surface area contributed by atoms with Gasteiger partial charge in [0, 0.05) is 18.7 Å². The van der Waals surface area contributed by atoms with E-state index in [1.807, 2.05) is 6.07 Å². The van der Waals surface area contributed by atoms with Gasteiger partial charge in [-0.2, -0.15) is 5.26 Å². The highest BCUT2D eigenvalue weighted by Gasteiger charge is 2.23. The number of benzene rings is 1. The van der Waals surface area contributed by atoms with E-state index in [2.05, 4.69) is 12.6 Å². The first kappa shape index (κ1) is 10.4. The first-order chi connectivity index (χ1) is 7.76. The molecule has 0 fully saturated rings. The van der Waals surface area contributed by atoms with Crippen LogP contribution in [0.15, 0.2) is 30.9 Å². The van der Waals surface area contributed by atoms with Crippen LogP contribution >= 0.6 is 0 Å². The third-order valence-electron chi connectivity index (χ3n) is 2.76. The van der Waals surface area contributed by atoms with Crippen LogP contribution in [0.2, 0.25) is 0 Å². The third kappa shape index (κ3) is 1.70. The Labute approximate surface area is 94.6 Å². The van der Waals surface area contributed by atoms with E-state index < -0.39 is 0 Å². The lowest BCUT2D eigenvalue weighted by Crippen LogP contribution is -2.37. The van der Waals surface area contributed by atoms with Gasteiger partial charge >= 0.3 is 0 Å². The molecule has 0 N–H and O–H groups in total. The predicted molar refractivity (Wildman–Crippen MR) is 61.0 cm³/mol. The van der Waals surface area contributed by atoms with Crippen molar-refractivity contribution in [2.45, 2.75) is 6.42 Å². The van der Waals surface area contributed by atoms with Crippen LogP contribution in [-0.2, 0) is 6.42 Å². The van der Waals surface area contributed by atoms with Gasteiger partial charge in [-0.25, -0.2) is 0 Å². The van der Waals surface area contributed by atoms with Crippen molar-refractivity contribution in [2.75, 3.05) is 13.1 Å². The second-order valence-electron chi connectivity index (χ2n) is 3.77. The van der Waals surface area contributed by atoms with E-state index in [0.717, 1.165) is 18.5 Å². The third-order valence-corrected chi connectivity index (χ3v) is 2.76. The highest BCUT2D eigenvalue weighted by atomic mass is 16.2. The molecule has 1 amide bonds. The van der Waals surface area contributed by atoms with Gasteiger partial charge in [0.05, 0.1) is 11.6 Å². The molecule has 3 heteroatoms. The van der Waals surface area contributed by atoms with Gasteiger partial charge in [0.15, 0.2) is 0 Å². The lowest BCUT2D eigenvalue weighted by molar-refractivity contribution is 0.0759. The Morgan fingerprint density at radius 2 is 2.38 bits per heavy atom. The van der Waals surface area contributed by atoms with Gasteiger partial charge in [-0.05, 0) is 24.1 Å². The van der Waals surface area contributed by atoms with E-state index in [0.29, 0.717) is 17.7 Å². The minimum atomic E-state index is -0.00162. The average molecular weight is 212 g/mol. The Morgan fingerprint density at radius 3 is 3.06 bits per heavy atom. The van der Waals surface area contributed by atoms with Crippen LogP contribution < -0.4 is 0 Å². The molecule has 0 spiro atoms. The molecule has 1 aromatic carbocycles. The first-order valence-electron chi connectivity index (χ1n) is 5.19. The van der Waals surface area contributed by atoms with Crippen molar-refractivity contribution in [1.29, 1.82) is 5.26 Å². The number of hydrogen-bond donors (Lipinski definition) is 0. The lowest BCUT2D eigenvalue weighted by Gasteiger charge is -2.27. The fourth-order valence-corrected chi connectivity index (χ4v) is 1.92. The molecule has 2 rings (SSSR count). The summed E-state index contributed by atoms with van der Waals surface area (Å²) in [4.78, 5) is 13.8. The van der Waals surface area contributed by atoms with Gasteiger partial charge in [-0.15, -0.1) is 6.58 Å². The van der Waals surface area contributed by atoms with Crippen molar-refractivity contribution in [1.82, 2.24) is 4.90 Å². The second kappa shape index (κ2) is 4.19. The summed E-state index contributed by atoms with van der Waals surface area (Å²) in [6.07, 6.45) is 2.57. The summed E-state index contributed by atoms with van der Waals surface area (Å²) in [5.41, 5.74) is 2.23. The minimum absolute atomic E-state index is 0.00162. The highest BCUT2D eigenvalue weighted by Crippen LogP contribution is 2.20. The average Bonchev–Trinajstić information content (AvgIpc) is 2.33. The Balaban J connectivity index is 2.39. The van der Waals surface area contributed by atoms with Gasteiger partial charge in [-0.1, -0.05) is 12.1 Å². The maximum absolute atomic E-state index is 12.0. The molecule has 0 bridgehead atoms. The van der Waals surface area contributed by atoms with Crippen molar-refractivity contribution in [3.63, 3.8) is 0 Å². The second-order valence-corrected chi connectivity index (χ2v) is 3.77. The van der Waals surface area contributed by atoms with E-state index in [4.69, 9.17) is 5.26 Å². The van der Waals surface area contributed by atoms with Crippen molar-refractivity contribution < 1.29 is 4.79 Å². The number of rotatable bonds is 2. The highest BCUT2D eigenvalue weighted by molar-refractivity contribution is 5.97. The summed E-state index contributed by atoms with van der Waals surface area (Å²) in [5.74, 6) is -0.00162. The van der Waals surface area contributed by atoms with Gasteiger partial charge in [0.25, 0.3) is 5.91 Å². The molecule has 0 atom stereocenters. The van der Waals surface area contributed by atoms with Crippen LogP contribution in [0.25, 0.3) is 0 Å². The summed E-state index contributed by atoms with van der Waals surface area (Å²) in [5, 5.41) is 8.80.